The quantitative estimate of drug-likeness (QED) is 0.803. The van der Waals surface area contributed by atoms with Crippen molar-refractivity contribution in [1.82, 2.24) is 10.2 Å². The predicted molar refractivity (Wildman–Crippen MR) is 72.2 cm³/mol. The van der Waals surface area contributed by atoms with E-state index in [1.807, 2.05) is 6.92 Å². The van der Waals surface area contributed by atoms with Crippen molar-refractivity contribution in [3.63, 3.8) is 0 Å². The molecule has 1 fully saturated rings. The maximum Gasteiger partial charge on any atom is 0.401 e. The van der Waals surface area contributed by atoms with Crippen LogP contribution in [0.4, 0.5) is 13.2 Å². The summed E-state index contributed by atoms with van der Waals surface area (Å²) in [7, 11) is 1.58. The Hall–Kier alpha value is -0.290. The first kappa shape index (κ1) is 16.8. The summed E-state index contributed by atoms with van der Waals surface area (Å²) >= 11 is 0. The summed E-state index contributed by atoms with van der Waals surface area (Å²) in [5.41, 5.74) is 0.0164. The molecule has 1 rings (SSSR count). The lowest BCUT2D eigenvalue weighted by atomic mass is 9.70. The Balaban J connectivity index is 2.58. The fraction of sp³-hybridized carbons (Fsp3) is 1.00. The Bertz CT molecular complexity index is 252. The third-order valence-corrected chi connectivity index (χ3v) is 4.14. The van der Waals surface area contributed by atoms with E-state index in [1.165, 1.54) is 4.90 Å². The number of hydrogen-bond donors (Lipinski definition) is 1. The van der Waals surface area contributed by atoms with Gasteiger partial charge in [0.1, 0.15) is 0 Å². The molecule has 1 N–H and O–H groups in total. The van der Waals surface area contributed by atoms with Gasteiger partial charge in [-0.1, -0.05) is 26.7 Å². The zero-order valence-electron chi connectivity index (χ0n) is 12.3. The molecule has 0 radical (unpaired) electrons. The van der Waals surface area contributed by atoms with Crippen LogP contribution in [-0.4, -0.2) is 44.3 Å². The molecule has 0 aromatic heterocycles. The minimum absolute atomic E-state index is 0.0164. The first-order valence-corrected chi connectivity index (χ1v) is 7.22. The van der Waals surface area contributed by atoms with Gasteiger partial charge in [-0.25, -0.2) is 0 Å². The second-order valence-corrected chi connectivity index (χ2v) is 6.25. The lowest BCUT2D eigenvalue weighted by molar-refractivity contribution is -0.146. The van der Waals surface area contributed by atoms with Gasteiger partial charge in [0, 0.05) is 13.1 Å². The van der Waals surface area contributed by atoms with Crippen LogP contribution in [0.15, 0.2) is 0 Å². The molecule has 1 aliphatic carbocycles. The highest BCUT2D eigenvalue weighted by Crippen LogP contribution is 2.39. The standard InChI is InChI=1S/C14H27F3N2/c1-4-18-9-13(7-5-12(2)6-8-13)10-19(3)11-14(15,16)17/h12,18H,4-11H2,1-3H3. The molecule has 0 saturated heterocycles. The van der Waals surface area contributed by atoms with E-state index >= 15 is 0 Å². The molecule has 2 nitrogen and oxygen atoms in total. The summed E-state index contributed by atoms with van der Waals surface area (Å²) < 4.78 is 37.3. The summed E-state index contributed by atoms with van der Waals surface area (Å²) in [6.45, 7) is 5.70. The highest BCUT2D eigenvalue weighted by Gasteiger charge is 2.37. The molecule has 114 valence electrons. The molecule has 0 aromatic carbocycles. The van der Waals surface area contributed by atoms with Crippen LogP contribution in [0.3, 0.4) is 0 Å². The van der Waals surface area contributed by atoms with E-state index in [9.17, 15) is 13.2 Å². The van der Waals surface area contributed by atoms with Crippen LogP contribution in [0.2, 0.25) is 0 Å². The van der Waals surface area contributed by atoms with Crippen LogP contribution in [0.25, 0.3) is 0 Å². The molecule has 0 spiro atoms. The molecule has 1 saturated carbocycles. The number of nitrogens with one attached hydrogen (secondary N) is 1. The van der Waals surface area contributed by atoms with E-state index in [1.54, 1.807) is 7.05 Å². The second-order valence-electron chi connectivity index (χ2n) is 6.25. The summed E-state index contributed by atoms with van der Waals surface area (Å²) in [6, 6.07) is 0. The van der Waals surface area contributed by atoms with Gasteiger partial charge in [-0.3, -0.25) is 4.90 Å². The van der Waals surface area contributed by atoms with Crippen molar-refractivity contribution >= 4 is 0 Å². The largest absolute Gasteiger partial charge is 0.401 e. The SMILES string of the molecule is CCNCC1(CN(C)CC(F)(F)F)CCC(C)CC1. The Kier molecular flexibility index (Phi) is 6.12. The summed E-state index contributed by atoms with van der Waals surface area (Å²) in [5.74, 6) is 0.711. The zero-order valence-corrected chi connectivity index (χ0v) is 12.3. The van der Waals surface area contributed by atoms with Crippen molar-refractivity contribution in [1.29, 1.82) is 0 Å². The Morgan fingerprint density at radius 3 is 2.32 bits per heavy atom. The Morgan fingerprint density at radius 2 is 1.84 bits per heavy atom. The molecule has 0 bridgehead atoms. The second kappa shape index (κ2) is 6.93. The monoisotopic (exact) mass is 280 g/mol. The van der Waals surface area contributed by atoms with E-state index in [0.717, 1.165) is 38.8 Å². The van der Waals surface area contributed by atoms with Gasteiger partial charge in [-0.2, -0.15) is 13.2 Å². The van der Waals surface area contributed by atoms with Gasteiger partial charge in [0.2, 0.25) is 0 Å². The highest BCUT2D eigenvalue weighted by atomic mass is 19.4. The van der Waals surface area contributed by atoms with Crippen LogP contribution in [0.5, 0.6) is 0 Å². The van der Waals surface area contributed by atoms with Gasteiger partial charge in [0.15, 0.2) is 0 Å². The Labute approximate surface area is 114 Å². The molecule has 0 aliphatic heterocycles. The van der Waals surface area contributed by atoms with Crippen molar-refractivity contribution in [3.05, 3.63) is 0 Å². The van der Waals surface area contributed by atoms with E-state index in [-0.39, 0.29) is 5.41 Å². The normalized spacial score (nSPS) is 28.9. The number of halogens is 3. The molecule has 0 unspecified atom stereocenters. The average molecular weight is 280 g/mol. The zero-order chi connectivity index (χ0) is 14.5. The van der Waals surface area contributed by atoms with Gasteiger partial charge in [0.25, 0.3) is 0 Å². The molecule has 0 heterocycles. The van der Waals surface area contributed by atoms with Crippen LogP contribution in [0.1, 0.15) is 39.5 Å². The minimum Gasteiger partial charge on any atom is -0.316 e. The minimum atomic E-state index is -4.10. The fourth-order valence-electron chi connectivity index (χ4n) is 3.09. The maximum absolute atomic E-state index is 12.4. The van der Waals surface area contributed by atoms with Crippen molar-refractivity contribution in [2.24, 2.45) is 11.3 Å². The van der Waals surface area contributed by atoms with Crippen LogP contribution < -0.4 is 5.32 Å². The topological polar surface area (TPSA) is 15.3 Å². The number of rotatable bonds is 6. The number of hydrogen-bond acceptors (Lipinski definition) is 2. The van der Waals surface area contributed by atoms with E-state index in [4.69, 9.17) is 0 Å². The molecule has 0 amide bonds. The molecule has 5 heteroatoms. The van der Waals surface area contributed by atoms with Crippen LogP contribution in [0, 0.1) is 11.3 Å². The van der Waals surface area contributed by atoms with Crippen molar-refractivity contribution in [2.75, 3.05) is 33.2 Å². The molecule has 1 aliphatic rings. The maximum atomic E-state index is 12.4. The van der Waals surface area contributed by atoms with Crippen LogP contribution in [-0.2, 0) is 0 Å². The summed E-state index contributed by atoms with van der Waals surface area (Å²) in [6.07, 6.45) is 0.222. The third-order valence-electron chi connectivity index (χ3n) is 4.14. The van der Waals surface area contributed by atoms with E-state index in [2.05, 4.69) is 12.2 Å². The molecule has 0 aromatic rings. The predicted octanol–water partition coefficient (Wildman–Crippen LogP) is 3.29. The van der Waals surface area contributed by atoms with Gasteiger partial charge >= 0.3 is 6.18 Å². The van der Waals surface area contributed by atoms with Crippen molar-refractivity contribution in [3.8, 4) is 0 Å². The average Bonchev–Trinajstić information content (AvgIpc) is 2.28. The van der Waals surface area contributed by atoms with Crippen LogP contribution >= 0.6 is 0 Å². The van der Waals surface area contributed by atoms with Crippen molar-refractivity contribution in [2.45, 2.75) is 45.7 Å². The highest BCUT2D eigenvalue weighted by molar-refractivity contribution is 4.89. The fourth-order valence-corrected chi connectivity index (χ4v) is 3.09. The molecular formula is C14H27F3N2. The first-order valence-electron chi connectivity index (χ1n) is 7.22. The number of alkyl halides is 3. The molecule has 0 atom stereocenters. The van der Waals surface area contributed by atoms with Crippen molar-refractivity contribution < 1.29 is 13.2 Å². The molecular weight excluding hydrogens is 253 g/mol. The van der Waals surface area contributed by atoms with Gasteiger partial charge in [0.05, 0.1) is 6.54 Å². The smallest absolute Gasteiger partial charge is 0.316 e. The van der Waals surface area contributed by atoms with E-state index in [0.29, 0.717) is 12.5 Å². The van der Waals surface area contributed by atoms with E-state index < -0.39 is 12.7 Å². The lowest BCUT2D eigenvalue weighted by Gasteiger charge is -2.42. The molecule has 19 heavy (non-hydrogen) atoms. The Morgan fingerprint density at radius 1 is 1.26 bits per heavy atom. The third kappa shape index (κ3) is 6.13. The van der Waals surface area contributed by atoms with Gasteiger partial charge < -0.3 is 5.32 Å². The lowest BCUT2D eigenvalue weighted by Crippen LogP contribution is -2.47. The summed E-state index contributed by atoms with van der Waals surface area (Å²) in [4.78, 5) is 1.44. The van der Waals surface area contributed by atoms with Gasteiger partial charge in [-0.15, -0.1) is 0 Å². The van der Waals surface area contributed by atoms with Gasteiger partial charge in [-0.05, 0) is 37.8 Å². The summed E-state index contributed by atoms with van der Waals surface area (Å²) in [5, 5.41) is 3.33. The first-order chi connectivity index (χ1) is 8.76. The number of nitrogens with zero attached hydrogens (tertiary/aromatic N) is 1.